The average molecular weight is 546 g/mol. The van der Waals surface area contributed by atoms with Gasteiger partial charge in [-0.3, -0.25) is 29.8 Å². The normalized spacial score (nSPS) is 14.0. The standard InChI is InChI=1S/C27H22N4O9/c1-38-20-10-4-17(5-11-20)28-24(32)15-40-22-12-3-16(14-23(22)39-2)13-21-25(33)29-27(35)30(26(21)34)18-6-8-19(9-7-18)31(36)37/h3-14H,15H2,1-2H3,(H,28,32)(H,29,33,35)/b21-13-. The van der Waals surface area contributed by atoms with Crippen molar-refractivity contribution in [3.8, 4) is 17.2 Å². The molecule has 13 heteroatoms. The second-order valence-corrected chi connectivity index (χ2v) is 8.21. The lowest BCUT2D eigenvalue weighted by atomic mass is 10.1. The molecular formula is C27H22N4O9. The van der Waals surface area contributed by atoms with Crippen LogP contribution in [0, 0.1) is 10.1 Å². The lowest BCUT2D eigenvalue weighted by Crippen LogP contribution is -2.54. The van der Waals surface area contributed by atoms with E-state index in [1.807, 2.05) is 0 Å². The van der Waals surface area contributed by atoms with Crippen LogP contribution in [0.3, 0.4) is 0 Å². The number of urea groups is 1. The summed E-state index contributed by atoms with van der Waals surface area (Å²) in [5, 5.41) is 15.7. The third kappa shape index (κ3) is 6.05. The van der Waals surface area contributed by atoms with Gasteiger partial charge in [-0.05, 0) is 60.2 Å². The number of nitrogens with zero attached hydrogens (tertiary/aromatic N) is 2. The van der Waals surface area contributed by atoms with Gasteiger partial charge in [-0.25, -0.2) is 9.69 Å². The number of ether oxygens (including phenoxy) is 3. The third-order valence-electron chi connectivity index (χ3n) is 5.65. The first-order valence-corrected chi connectivity index (χ1v) is 11.6. The fourth-order valence-corrected chi connectivity index (χ4v) is 3.69. The largest absolute Gasteiger partial charge is 0.497 e. The Balaban J connectivity index is 1.49. The highest BCUT2D eigenvalue weighted by Crippen LogP contribution is 2.30. The summed E-state index contributed by atoms with van der Waals surface area (Å²) in [6.07, 6.45) is 1.26. The van der Waals surface area contributed by atoms with Crippen LogP contribution < -0.4 is 29.7 Å². The number of rotatable bonds is 9. The molecular weight excluding hydrogens is 524 g/mol. The van der Waals surface area contributed by atoms with E-state index in [1.54, 1.807) is 24.3 Å². The highest BCUT2D eigenvalue weighted by Gasteiger charge is 2.37. The Kier molecular flexibility index (Phi) is 8.04. The topological polar surface area (TPSA) is 166 Å². The van der Waals surface area contributed by atoms with Crippen LogP contribution in [0.2, 0.25) is 0 Å². The zero-order valence-electron chi connectivity index (χ0n) is 21.2. The van der Waals surface area contributed by atoms with Crippen LogP contribution in [-0.2, 0) is 14.4 Å². The van der Waals surface area contributed by atoms with Crippen LogP contribution in [0.1, 0.15) is 5.56 Å². The number of nitro groups is 1. The van der Waals surface area contributed by atoms with Gasteiger partial charge in [-0.1, -0.05) is 6.07 Å². The van der Waals surface area contributed by atoms with Gasteiger partial charge >= 0.3 is 6.03 Å². The summed E-state index contributed by atoms with van der Waals surface area (Å²) < 4.78 is 16.0. The van der Waals surface area contributed by atoms with Crippen molar-refractivity contribution in [3.63, 3.8) is 0 Å². The molecule has 0 saturated carbocycles. The minimum atomic E-state index is -0.991. The number of non-ortho nitro benzene ring substituents is 1. The fourth-order valence-electron chi connectivity index (χ4n) is 3.69. The molecule has 1 fully saturated rings. The van der Waals surface area contributed by atoms with Gasteiger partial charge in [0.05, 0.1) is 24.8 Å². The summed E-state index contributed by atoms with van der Waals surface area (Å²) in [5.74, 6) is -1.15. The molecule has 0 bridgehead atoms. The van der Waals surface area contributed by atoms with E-state index in [1.165, 1.54) is 50.6 Å². The first kappa shape index (κ1) is 27.3. The van der Waals surface area contributed by atoms with Gasteiger partial charge in [0.2, 0.25) is 0 Å². The van der Waals surface area contributed by atoms with E-state index in [2.05, 4.69) is 10.6 Å². The highest BCUT2D eigenvalue weighted by atomic mass is 16.6. The summed E-state index contributed by atoms with van der Waals surface area (Å²) in [7, 11) is 2.92. The maximum atomic E-state index is 13.1. The molecule has 40 heavy (non-hydrogen) atoms. The van der Waals surface area contributed by atoms with Crippen molar-refractivity contribution in [2.45, 2.75) is 0 Å². The Labute approximate surface area is 227 Å². The van der Waals surface area contributed by atoms with Gasteiger partial charge in [0, 0.05) is 17.8 Å². The molecule has 1 saturated heterocycles. The number of amides is 5. The van der Waals surface area contributed by atoms with Crippen LogP contribution in [0.25, 0.3) is 6.08 Å². The summed E-state index contributed by atoms with van der Waals surface area (Å²) in [5.41, 5.74) is 0.379. The number of benzene rings is 3. The Hall–Kier alpha value is -5.72. The number of barbiturate groups is 1. The third-order valence-corrected chi connectivity index (χ3v) is 5.65. The van der Waals surface area contributed by atoms with E-state index >= 15 is 0 Å². The van der Waals surface area contributed by atoms with Crippen molar-refractivity contribution < 1.29 is 38.3 Å². The Bertz CT molecular complexity index is 1520. The number of carbonyl (C=O) groups excluding carboxylic acids is 4. The molecule has 0 radical (unpaired) electrons. The van der Waals surface area contributed by atoms with Crippen molar-refractivity contribution in [2.75, 3.05) is 31.0 Å². The first-order valence-electron chi connectivity index (χ1n) is 11.6. The van der Waals surface area contributed by atoms with E-state index in [4.69, 9.17) is 14.2 Å². The van der Waals surface area contributed by atoms with Gasteiger partial charge in [0.25, 0.3) is 23.4 Å². The number of imide groups is 2. The number of methoxy groups -OCH3 is 2. The Morgan fingerprint density at radius 2 is 1.68 bits per heavy atom. The predicted molar refractivity (Wildman–Crippen MR) is 142 cm³/mol. The number of hydrogen-bond acceptors (Lipinski definition) is 9. The molecule has 0 unspecified atom stereocenters. The molecule has 1 aliphatic heterocycles. The molecule has 0 atom stereocenters. The molecule has 3 aromatic rings. The smallest absolute Gasteiger partial charge is 0.335 e. The molecule has 0 aromatic heterocycles. The molecule has 204 valence electrons. The van der Waals surface area contributed by atoms with Crippen molar-refractivity contribution in [1.82, 2.24) is 5.32 Å². The Morgan fingerprint density at radius 3 is 2.30 bits per heavy atom. The zero-order chi connectivity index (χ0) is 28.8. The van der Waals surface area contributed by atoms with Gasteiger partial charge in [-0.15, -0.1) is 0 Å². The molecule has 13 nitrogen and oxygen atoms in total. The van der Waals surface area contributed by atoms with E-state index in [0.29, 0.717) is 21.9 Å². The maximum absolute atomic E-state index is 13.1. The van der Waals surface area contributed by atoms with E-state index in [0.717, 1.165) is 12.1 Å². The molecule has 1 heterocycles. The monoisotopic (exact) mass is 546 g/mol. The van der Waals surface area contributed by atoms with Gasteiger partial charge in [0.1, 0.15) is 11.3 Å². The summed E-state index contributed by atoms with van der Waals surface area (Å²) in [6, 6.07) is 15.0. The van der Waals surface area contributed by atoms with E-state index < -0.39 is 28.7 Å². The lowest BCUT2D eigenvalue weighted by Gasteiger charge is -2.26. The molecule has 5 amide bonds. The quantitative estimate of drug-likeness (QED) is 0.177. The molecule has 1 aliphatic rings. The fraction of sp³-hybridized carbons (Fsp3) is 0.111. The average Bonchev–Trinajstić information content (AvgIpc) is 2.95. The predicted octanol–water partition coefficient (Wildman–Crippen LogP) is 3.30. The minimum absolute atomic E-state index is 0.0424. The number of nitrogens with one attached hydrogen (secondary N) is 2. The maximum Gasteiger partial charge on any atom is 0.335 e. The van der Waals surface area contributed by atoms with E-state index in [9.17, 15) is 29.3 Å². The van der Waals surface area contributed by atoms with Gasteiger partial charge in [-0.2, -0.15) is 0 Å². The molecule has 0 aliphatic carbocycles. The summed E-state index contributed by atoms with van der Waals surface area (Å²) >= 11 is 0. The Morgan fingerprint density at radius 1 is 0.975 bits per heavy atom. The van der Waals surface area contributed by atoms with Crippen LogP contribution >= 0.6 is 0 Å². The van der Waals surface area contributed by atoms with Crippen molar-refractivity contribution in [1.29, 1.82) is 0 Å². The highest BCUT2D eigenvalue weighted by molar-refractivity contribution is 6.39. The van der Waals surface area contributed by atoms with Crippen molar-refractivity contribution in [2.24, 2.45) is 0 Å². The summed E-state index contributed by atoms with van der Waals surface area (Å²) in [4.78, 5) is 61.2. The van der Waals surface area contributed by atoms with Gasteiger partial charge in [0.15, 0.2) is 18.1 Å². The van der Waals surface area contributed by atoms with Crippen LogP contribution in [0.4, 0.5) is 21.9 Å². The minimum Gasteiger partial charge on any atom is -0.497 e. The molecule has 0 spiro atoms. The van der Waals surface area contributed by atoms with E-state index in [-0.39, 0.29) is 35.1 Å². The lowest BCUT2D eigenvalue weighted by molar-refractivity contribution is -0.384. The SMILES string of the molecule is COc1ccc(NC(=O)COc2ccc(/C=C3/C(=O)NC(=O)N(c4ccc([N+](=O)[O-])cc4)C3=O)cc2OC)cc1. The van der Waals surface area contributed by atoms with Crippen LogP contribution in [-0.4, -0.2) is 49.5 Å². The molecule has 4 rings (SSSR count). The number of nitro benzene ring substituents is 1. The van der Waals surface area contributed by atoms with Crippen molar-refractivity contribution >= 4 is 46.9 Å². The number of carbonyl (C=O) groups is 4. The van der Waals surface area contributed by atoms with Crippen LogP contribution in [0.15, 0.2) is 72.3 Å². The number of anilines is 2. The second kappa shape index (κ2) is 11.8. The van der Waals surface area contributed by atoms with Crippen molar-refractivity contribution in [3.05, 3.63) is 88.0 Å². The first-order chi connectivity index (χ1) is 19.2. The van der Waals surface area contributed by atoms with Crippen LogP contribution in [0.5, 0.6) is 17.2 Å². The molecule has 3 aromatic carbocycles. The number of hydrogen-bond donors (Lipinski definition) is 2. The zero-order valence-corrected chi connectivity index (χ0v) is 21.2. The molecule has 2 N–H and O–H groups in total. The van der Waals surface area contributed by atoms with Gasteiger partial charge < -0.3 is 19.5 Å². The summed E-state index contributed by atoms with van der Waals surface area (Å²) in [6.45, 7) is -0.323. The second-order valence-electron chi connectivity index (χ2n) is 8.21.